The van der Waals surface area contributed by atoms with Crippen LogP contribution >= 0.6 is 0 Å². The number of benzene rings is 2. The van der Waals surface area contributed by atoms with Crippen molar-refractivity contribution < 1.29 is 122 Å². The van der Waals surface area contributed by atoms with Gasteiger partial charge < -0.3 is 136 Å². The lowest BCUT2D eigenvalue weighted by molar-refractivity contribution is -0.143. The number of nitrogens with one attached hydrogen (secondary N) is 17. The van der Waals surface area contributed by atoms with Crippen LogP contribution in [0.4, 0.5) is 0 Å². The molecule has 1 aliphatic heterocycles. The van der Waals surface area contributed by atoms with E-state index in [4.69, 9.17) is 15.9 Å². The maximum absolute atomic E-state index is 14.7. The number of carboxylic acid groups (broad SMARTS) is 2. The summed E-state index contributed by atoms with van der Waals surface area (Å²) in [6, 6.07) is -4.66. The Morgan fingerprint density at radius 1 is 0.431 bits per heavy atom. The van der Waals surface area contributed by atoms with Gasteiger partial charge in [0.2, 0.25) is 94.5 Å². The Balaban J connectivity index is 1.21. The van der Waals surface area contributed by atoms with E-state index in [0.29, 0.717) is 39.4 Å². The number of aromatic nitrogens is 2. The number of fused-ring (bicyclic) bond motifs is 2. The van der Waals surface area contributed by atoms with E-state index < -0.39 is 269 Å². The van der Waals surface area contributed by atoms with Crippen molar-refractivity contribution in [1.29, 1.82) is 0 Å². The standard InChI is InChI=1S/C72H103N19O25/c1-7-36(6)60(90-67(110)46(21-57(102)103)85-66(109)45(20-38-23-75-43-16-11-9-14-40(38)43)86-68(111)51-17-12-18-91(51)71(114)59(35(4)5)89-61(104)41(73)29-92)70(113)88-58(34(2)3)69(112)87-44(19-37-22-74-42-15-10-8-13-39(37)42)62(105)77-24-52(97)76-25-53(98)81-47(30-93)63(106)78-26-54(99)82-48(31-94)64(107)79-27-55(100)83-49(32-95)65(108)80-28-56(101)84-50(33-96)72(115)116/h8-11,13-16,22-23,34-36,41,44-51,58-60,74-75,92-96H,7,12,17-21,24-33,73H2,1-6H3,(H,76,97)(H,77,105)(H,78,106)(H,79,107)(H,80,108)(H,81,98)(H,82,99)(H,83,100)(H,84,101)(H,85,109)(H,86,111)(H,87,112)(H,88,113)(H,89,104)(H,90,110)(H,102,103)(H,115,116)/t36-,41-,44-,45-,46-,47-,48-,49-,50-,51-,58-,59-,60-/m0/s1. The number of aromatic amines is 2. The second-order valence-corrected chi connectivity index (χ2v) is 27.9. The highest BCUT2D eigenvalue weighted by Crippen LogP contribution is 2.24. The second kappa shape index (κ2) is 46.2. The highest BCUT2D eigenvalue weighted by Gasteiger charge is 2.42. The van der Waals surface area contributed by atoms with E-state index in [2.05, 4.69) is 68.5 Å². The van der Waals surface area contributed by atoms with Gasteiger partial charge in [-0.3, -0.25) is 81.5 Å². The SMILES string of the molecule is CC[C@H](C)[C@H](NC(=O)[C@H](CC(=O)O)NC(=O)[C@H](Cc1c[nH]c2ccccc12)NC(=O)[C@@H]1CCCN1C(=O)[C@@H](NC(=O)[C@@H](N)CO)C(C)C)C(=O)N[C@H](C(=O)N[C@@H](Cc1c[nH]c2ccccc12)C(=O)NCC(=O)NCC(=O)N[C@@H](CO)C(=O)NCC(=O)N[C@@H](CO)C(=O)NCC(=O)N[C@@H](CO)C(=O)NCC(=O)N[C@@H](CO)C(=O)O)C(C)C. The van der Waals surface area contributed by atoms with Crippen molar-refractivity contribution in [3.8, 4) is 0 Å². The molecule has 0 saturated carbocycles. The van der Waals surface area contributed by atoms with Crippen LogP contribution in [-0.2, 0) is 99.1 Å². The number of likely N-dealkylation sites (tertiary alicyclic amines) is 1. The molecule has 16 amide bonds. The molecule has 0 unspecified atom stereocenters. The quantitative estimate of drug-likeness (QED) is 0.0195. The summed E-state index contributed by atoms with van der Waals surface area (Å²) in [5, 5.41) is 103. The monoisotopic (exact) mass is 1630 g/mol. The minimum atomic E-state index is -1.92. The molecule has 3 heterocycles. The zero-order chi connectivity index (χ0) is 86.2. The van der Waals surface area contributed by atoms with Crippen molar-refractivity contribution in [3.05, 3.63) is 72.1 Å². The Kier molecular flexibility index (Phi) is 37.6. The highest BCUT2D eigenvalue weighted by molar-refractivity contribution is 6.01. The van der Waals surface area contributed by atoms with Crippen LogP contribution in [0.1, 0.15) is 78.4 Å². The van der Waals surface area contributed by atoms with Crippen LogP contribution in [0.25, 0.3) is 21.8 Å². The van der Waals surface area contributed by atoms with Crippen molar-refractivity contribution in [2.75, 3.05) is 72.3 Å². The van der Waals surface area contributed by atoms with E-state index >= 15 is 0 Å². The van der Waals surface area contributed by atoms with Crippen LogP contribution in [0.3, 0.4) is 0 Å². The fourth-order valence-electron chi connectivity index (χ4n) is 11.9. The lowest BCUT2D eigenvalue weighted by atomic mass is 9.95. The van der Waals surface area contributed by atoms with Gasteiger partial charge in [0, 0.05) is 53.6 Å². The molecule has 44 nitrogen and oxygen atoms in total. The summed E-state index contributed by atoms with van der Waals surface area (Å²) in [6.07, 6.45) is 2.32. The molecule has 116 heavy (non-hydrogen) atoms. The molecule has 5 rings (SSSR count). The van der Waals surface area contributed by atoms with Crippen LogP contribution < -0.4 is 85.5 Å². The molecule has 4 aromatic rings. The maximum Gasteiger partial charge on any atom is 0.328 e. The minimum absolute atomic E-state index is 0.0798. The summed E-state index contributed by atoms with van der Waals surface area (Å²) in [5.74, 6) is -21.3. The van der Waals surface area contributed by atoms with Gasteiger partial charge in [-0.15, -0.1) is 0 Å². The van der Waals surface area contributed by atoms with Gasteiger partial charge in [-0.1, -0.05) is 84.4 Å². The third-order valence-electron chi connectivity index (χ3n) is 18.6. The number of rotatable bonds is 47. The van der Waals surface area contributed by atoms with Gasteiger partial charge in [0.15, 0.2) is 0 Å². The number of para-hydroxylation sites is 2. The molecular formula is C72H103N19O25. The fraction of sp³-hybridized carbons (Fsp3) is 0.528. The molecule has 2 aromatic carbocycles. The molecule has 1 aliphatic rings. The number of carboxylic acids is 2. The number of aliphatic hydroxyl groups excluding tert-OH is 5. The fourth-order valence-corrected chi connectivity index (χ4v) is 11.9. The normalized spacial score (nSPS) is 15.6. The number of carbonyl (C=O) groups is 18. The molecule has 26 N–H and O–H groups in total. The average molecular weight is 1630 g/mol. The Morgan fingerprint density at radius 3 is 1.25 bits per heavy atom. The molecule has 0 spiro atoms. The van der Waals surface area contributed by atoms with E-state index in [9.17, 15) is 112 Å². The average Bonchev–Trinajstić information content (AvgIpc) is 1.66. The highest BCUT2D eigenvalue weighted by atomic mass is 16.4. The smallest absolute Gasteiger partial charge is 0.328 e. The molecular weight excluding hydrogens is 1530 g/mol. The zero-order valence-electron chi connectivity index (χ0n) is 64.5. The summed E-state index contributed by atoms with van der Waals surface area (Å²) in [6.45, 7) is 0.539. The van der Waals surface area contributed by atoms with Gasteiger partial charge in [0.05, 0.1) is 72.2 Å². The van der Waals surface area contributed by atoms with Crippen LogP contribution in [0, 0.1) is 17.8 Å². The molecule has 0 bridgehead atoms. The molecule has 0 radical (unpaired) electrons. The van der Waals surface area contributed by atoms with E-state index in [1.807, 2.05) is 21.3 Å². The van der Waals surface area contributed by atoms with Crippen LogP contribution in [0.15, 0.2) is 60.9 Å². The summed E-state index contributed by atoms with van der Waals surface area (Å²) in [4.78, 5) is 246. The molecule has 1 fully saturated rings. The Bertz CT molecular complexity index is 4190. The molecule has 13 atom stereocenters. The Labute approximate surface area is 663 Å². The number of hydrogen-bond acceptors (Lipinski definition) is 24. The number of amides is 16. The number of aliphatic carboxylic acids is 2. The van der Waals surface area contributed by atoms with Crippen LogP contribution in [0.5, 0.6) is 0 Å². The third kappa shape index (κ3) is 28.4. The largest absolute Gasteiger partial charge is 0.481 e. The number of nitrogens with zero attached hydrogens (tertiary/aromatic N) is 1. The summed E-state index contributed by atoms with van der Waals surface area (Å²) >= 11 is 0. The Morgan fingerprint density at radius 2 is 0.819 bits per heavy atom. The summed E-state index contributed by atoms with van der Waals surface area (Å²) in [7, 11) is 0. The van der Waals surface area contributed by atoms with E-state index in [0.717, 1.165) is 0 Å². The number of carbonyl (C=O) groups excluding carboxylic acids is 16. The third-order valence-corrected chi connectivity index (χ3v) is 18.6. The maximum atomic E-state index is 14.7. The molecule has 1 saturated heterocycles. The van der Waals surface area contributed by atoms with Gasteiger partial charge in [0.1, 0.15) is 72.5 Å². The first kappa shape index (κ1) is 94.3. The first-order valence-electron chi connectivity index (χ1n) is 37.0. The van der Waals surface area contributed by atoms with Gasteiger partial charge in [-0.2, -0.15) is 0 Å². The van der Waals surface area contributed by atoms with Gasteiger partial charge >= 0.3 is 11.9 Å². The summed E-state index contributed by atoms with van der Waals surface area (Å²) < 4.78 is 0. The lowest BCUT2D eigenvalue weighted by Gasteiger charge is -2.32. The number of nitrogens with two attached hydrogens (primary N) is 1. The molecule has 636 valence electrons. The van der Waals surface area contributed by atoms with E-state index in [1.54, 1.807) is 102 Å². The predicted molar refractivity (Wildman–Crippen MR) is 406 cm³/mol. The van der Waals surface area contributed by atoms with Crippen molar-refractivity contribution >= 4 is 128 Å². The van der Waals surface area contributed by atoms with Crippen molar-refractivity contribution in [1.82, 2.24) is 94.6 Å². The first-order valence-corrected chi connectivity index (χ1v) is 37.0. The van der Waals surface area contributed by atoms with Crippen LogP contribution in [0.2, 0.25) is 0 Å². The second-order valence-electron chi connectivity index (χ2n) is 27.9. The van der Waals surface area contributed by atoms with Crippen molar-refractivity contribution in [2.45, 2.75) is 153 Å². The predicted octanol–water partition coefficient (Wildman–Crippen LogP) is -9.94. The van der Waals surface area contributed by atoms with Gasteiger partial charge in [0.25, 0.3) is 0 Å². The van der Waals surface area contributed by atoms with Crippen molar-refractivity contribution in [3.63, 3.8) is 0 Å². The topological polar surface area (TPSA) is 690 Å². The van der Waals surface area contributed by atoms with Crippen LogP contribution in [-0.4, -0.2) is 302 Å². The molecule has 0 aliphatic carbocycles. The number of aliphatic hydroxyl groups is 5. The zero-order valence-corrected chi connectivity index (χ0v) is 64.5. The minimum Gasteiger partial charge on any atom is -0.481 e. The summed E-state index contributed by atoms with van der Waals surface area (Å²) in [5.41, 5.74) is 8.04. The van der Waals surface area contributed by atoms with Crippen molar-refractivity contribution in [2.24, 2.45) is 23.5 Å². The number of hydrogen-bond donors (Lipinski definition) is 25. The number of H-pyrrole nitrogens is 2. The van der Waals surface area contributed by atoms with E-state index in [-0.39, 0.29) is 32.2 Å². The van der Waals surface area contributed by atoms with Gasteiger partial charge in [-0.05, 0) is 53.9 Å². The first-order chi connectivity index (χ1) is 55.0. The Hall–Kier alpha value is -12.3. The van der Waals surface area contributed by atoms with E-state index in [1.165, 1.54) is 4.90 Å². The molecule has 44 heteroatoms. The lowest BCUT2D eigenvalue weighted by Crippen LogP contribution is -2.62. The van der Waals surface area contributed by atoms with Gasteiger partial charge in [-0.25, -0.2) is 4.79 Å². The molecule has 2 aromatic heterocycles.